The van der Waals surface area contributed by atoms with E-state index < -0.39 is 0 Å². The van der Waals surface area contributed by atoms with E-state index in [2.05, 4.69) is 127 Å². The number of hydrogen-bond acceptors (Lipinski definition) is 2. The molecule has 0 unspecified atom stereocenters. The maximum Gasteiger partial charge on any atom is 0.158 e. The molecular weight excluding hydrogens is 474 g/mol. The largest absolute Gasteiger partial charge is 0.454 e. The molecule has 6 aromatic carbocycles. The van der Waals surface area contributed by atoms with Gasteiger partial charge in [0.05, 0.1) is 11.1 Å². The van der Waals surface area contributed by atoms with Crippen molar-refractivity contribution in [1.82, 2.24) is 0 Å². The van der Waals surface area contributed by atoms with Gasteiger partial charge in [-0.25, -0.2) is 0 Å². The maximum atomic E-state index is 6.30. The minimum absolute atomic E-state index is 0.309. The monoisotopic (exact) mass is 497 g/mol. The number of benzene rings is 6. The Balaban J connectivity index is 1.26. The minimum atomic E-state index is -0.309. The Hall–Kier alpha value is -5.08. The number of rotatable bonds is 2. The van der Waals surface area contributed by atoms with Crippen molar-refractivity contribution in [3.05, 3.63) is 156 Å². The molecule has 0 amide bonds. The van der Waals surface area contributed by atoms with Crippen LogP contribution in [0.2, 0.25) is 0 Å². The molecule has 0 fully saturated rings. The third-order valence-corrected chi connectivity index (χ3v) is 8.68. The summed E-state index contributed by atoms with van der Waals surface area (Å²) in [7, 11) is 0. The van der Waals surface area contributed by atoms with Gasteiger partial charge in [-0.15, -0.1) is 0 Å². The lowest BCUT2D eigenvalue weighted by atomic mass is 9.70. The molecule has 182 valence electrons. The lowest BCUT2D eigenvalue weighted by molar-refractivity contribution is 0.670. The SMILES string of the molecule is c1ccc2c(c1)-c1ccccc1C21c2ccccc2-c2cc(Nc3cccc4c3oc3ccccc34)ccc21. The Morgan fingerprint density at radius 1 is 0.462 bits per heavy atom. The highest BCUT2D eigenvalue weighted by molar-refractivity contribution is 6.09. The van der Waals surface area contributed by atoms with Crippen LogP contribution in [0.1, 0.15) is 22.3 Å². The van der Waals surface area contributed by atoms with E-state index in [0.717, 1.165) is 33.3 Å². The molecule has 2 nitrogen and oxygen atoms in total. The molecule has 0 aliphatic heterocycles. The van der Waals surface area contributed by atoms with Crippen molar-refractivity contribution in [1.29, 1.82) is 0 Å². The topological polar surface area (TPSA) is 25.2 Å². The fourth-order valence-electron chi connectivity index (χ4n) is 7.18. The van der Waals surface area contributed by atoms with E-state index in [4.69, 9.17) is 4.42 Å². The molecule has 0 radical (unpaired) electrons. The Bertz CT molecular complexity index is 2070. The fourth-order valence-corrected chi connectivity index (χ4v) is 7.18. The molecule has 9 rings (SSSR count). The standard InChI is InChI=1S/C37H23NO/c1-5-15-30-24(10-1)25-11-2-6-16-31(25)37(30)32-17-7-3-12-26(32)29-22-23(20-21-33(29)37)38-34-18-9-14-28-27-13-4-8-19-35(27)39-36(28)34/h1-22,38H. The van der Waals surface area contributed by atoms with E-state index in [0.29, 0.717) is 0 Å². The number of para-hydroxylation sites is 2. The van der Waals surface area contributed by atoms with Gasteiger partial charge in [-0.2, -0.15) is 0 Å². The second kappa shape index (κ2) is 7.49. The number of anilines is 2. The van der Waals surface area contributed by atoms with Crippen molar-refractivity contribution in [2.75, 3.05) is 5.32 Å². The highest BCUT2D eigenvalue weighted by Gasteiger charge is 2.51. The Labute approximate surface area is 226 Å². The zero-order chi connectivity index (χ0) is 25.6. The molecule has 1 aromatic heterocycles. The summed E-state index contributed by atoms with van der Waals surface area (Å²) in [5, 5.41) is 5.96. The van der Waals surface area contributed by atoms with Crippen molar-refractivity contribution >= 4 is 33.3 Å². The molecule has 2 aliphatic rings. The second-order valence-electron chi connectivity index (χ2n) is 10.6. The minimum Gasteiger partial charge on any atom is -0.454 e. The van der Waals surface area contributed by atoms with E-state index in [1.807, 2.05) is 12.1 Å². The quantitative estimate of drug-likeness (QED) is 0.257. The average Bonchev–Trinajstić information content (AvgIpc) is 3.62. The summed E-state index contributed by atoms with van der Waals surface area (Å²) in [5.74, 6) is 0. The lowest BCUT2D eigenvalue weighted by Gasteiger charge is -2.30. The second-order valence-corrected chi connectivity index (χ2v) is 10.6. The van der Waals surface area contributed by atoms with Gasteiger partial charge in [0, 0.05) is 16.5 Å². The van der Waals surface area contributed by atoms with Crippen LogP contribution in [0.25, 0.3) is 44.2 Å². The van der Waals surface area contributed by atoms with Gasteiger partial charge in [0.2, 0.25) is 0 Å². The van der Waals surface area contributed by atoms with E-state index in [-0.39, 0.29) is 5.41 Å². The first-order valence-electron chi connectivity index (χ1n) is 13.4. The Morgan fingerprint density at radius 2 is 1.03 bits per heavy atom. The van der Waals surface area contributed by atoms with E-state index in [9.17, 15) is 0 Å². The summed E-state index contributed by atoms with van der Waals surface area (Å²) in [4.78, 5) is 0. The summed E-state index contributed by atoms with van der Waals surface area (Å²) in [6.45, 7) is 0. The number of fused-ring (bicyclic) bond motifs is 13. The maximum absolute atomic E-state index is 6.30. The molecular formula is C37H23NO. The summed E-state index contributed by atoms with van der Waals surface area (Å²) >= 11 is 0. The van der Waals surface area contributed by atoms with Gasteiger partial charge in [-0.1, -0.05) is 109 Å². The van der Waals surface area contributed by atoms with Crippen LogP contribution < -0.4 is 5.32 Å². The molecule has 7 aromatic rings. The molecule has 1 N–H and O–H groups in total. The molecule has 0 saturated carbocycles. The molecule has 2 aliphatic carbocycles. The molecule has 39 heavy (non-hydrogen) atoms. The molecule has 0 saturated heterocycles. The summed E-state index contributed by atoms with van der Waals surface area (Å²) in [6, 6.07) is 48.2. The number of furan rings is 1. The van der Waals surface area contributed by atoms with Crippen molar-refractivity contribution in [3.8, 4) is 22.3 Å². The van der Waals surface area contributed by atoms with Crippen LogP contribution in [0.3, 0.4) is 0 Å². The number of hydrogen-bond donors (Lipinski definition) is 1. The lowest BCUT2D eigenvalue weighted by Crippen LogP contribution is -2.25. The predicted molar refractivity (Wildman–Crippen MR) is 160 cm³/mol. The first-order valence-corrected chi connectivity index (χ1v) is 13.4. The van der Waals surface area contributed by atoms with Crippen molar-refractivity contribution in [2.24, 2.45) is 0 Å². The van der Waals surface area contributed by atoms with E-state index in [1.165, 1.54) is 44.5 Å². The van der Waals surface area contributed by atoms with Crippen LogP contribution in [0.5, 0.6) is 0 Å². The molecule has 0 atom stereocenters. The average molecular weight is 498 g/mol. The summed E-state index contributed by atoms with van der Waals surface area (Å²) in [6.07, 6.45) is 0. The van der Waals surface area contributed by atoms with Gasteiger partial charge in [0.15, 0.2) is 5.58 Å². The van der Waals surface area contributed by atoms with Crippen molar-refractivity contribution in [3.63, 3.8) is 0 Å². The van der Waals surface area contributed by atoms with E-state index >= 15 is 0 Å². The van der Waals surface area contributed by atoms with Crippen molar-refractivity contribution in [2.45, 2.75) is 5.41 Å². The van der Waals surface area contributed by atoms with Gasteiger partial charge >= 0.3 is 0 Å². The van der Waals surface area contributed by atoms with Crippen LogP contribution in [-0.2, 0) is 5.41 Å². The van der Waals surface area contributed by atoms with Gasteiger partial charge in [-0.3, -0.25) is 0 Å². The fraction of sp³-hybridized carbons (Fsp3) is 0.0270. The summed E-state index contributed by atoms with van der Waals surface area (Å²) in [5.41, 5.74) is 14.2. The Kier molecular flexibility index (Phi) is 4.02. The predicted octanol–water partition coefficient (Wildman–Crippen LogP) is 9.67. The van der Waals surface area contributed by atoms with Gasteiger partial charge in [0.25, 0.3) is 0 Å². The van der Waals surface area contributed by atoms with Crippen LogP contribution in [-0.4, -0.2) is 0 Å². The van der Waals surface area contributed by atoms with Crippen LogP contribution in [0.15, 0.2) is 138 Å². The smallest absolute Gasteiger partial charge is 0.158 e. The third-order valence-electron chi connectivity index (χ3n) is 8.68. The zero-order valence-corrected chi connectivity index (χ0v) is 21.1. The normalized spacial score (nSPS) is 13.8. The van der Waals surface area contributed by atoms with Gasteiger partial charge in [0.1, 0.15) is 5.58 Å². The van der Waals surface area contributed by atoms with Gasteiger partial charge in [-0.05, 0) is 68.8 Å². The highest BCUT2D eigenvalue weighted by Crippen LogP contribution is 2.62. The molecule has 1 heterocycles. The molecule has 2 heteroatoms. The van der Waals surface area contributed by atoms with Crippen LogP contribution in [0, 0.1) is 0 Å². The first kappa shape index (κ1) is 20.9. The Morgan fingerprint density at radius 3 is 1.74 bits per heavy atom. The zero-order valence-electron chi connectivity index (χ0n) is 21.1. The van der Waals surface area contributed by atoms with Crippen LogP contribution >= 0.6 is 0 Å². The first-order chi connectivity index (χ1) is 19.3. The van der Waals surface area contributed by atoms with Crippen molar-refractivity contribution < 1.29 is 4.42 Å². The van der Waals surface area contributed by atoms with Gasteiger partial charge < -0.3 is 9.73 Å². The number of nitrogens with one attached hydrogen (secondary N) is 1. The third kappa shape index (κ3) is 2.60. The van der Waals surface area contributed by atoms with E-state index in [1.54, 1.807) is 0 Å². The molecule has 0 bridgehead atoms. The van der Waals surface area contributed by atoms with Crippen LogP contribution in [0.4, 0.5) is 11.4 Å². The summed E-state index contributed by atoms with van der Waals surface area (Å²) < 4.78 is 6.30. The highest BCUT2D eigenvalue weighted by atomic mass is 16.3. The molecule has 1 spiro atoms.